The molecule has 0 bridgehead atoms. The molecule has 1 aliphatic carbocycles. The lowest BCUT2D eigenvalue weighted by molar-refractivity contribution is -0.119. The highest BCUT2D eigenvalue weighted by Gasteiger charge is 2.17. The van der Waals surface area contributed by atoms with Gasteiger partial charge in [0, 0.05) is 12.1 Å². The minimum absolute atomic E-state index is 0.00996. The van der Waals surface area contributed by atoms with Gasteiger partial charge >= 0.3 is 0 Å². The van der Waals surface area contributed by atoms with E-state index < -0.39 is 5.91 Å². The second-order valence-corrected chi connectivity index (χ2v) is 8.04. The van der Waals surface area contributed by atoms with Crippen LogP contribution in [-0.2, 0) is 4.79 Å². The number of nitrogens with zero attached hydrogens (tertiary/aromatic N) is 3. The molecule has 0 aliphatic heterocycles. The molecule has 0 radical (unpaired) electrons. The molecule has 25 heavy (non-hydrogen) atoms. The molecule has 0 unspecified atom stereocenters. The van der Waals surface area contributed by atoms with Gasteiger partial charge in [-0.05, 0) is 19.8 Å². The lowest BCUT2D eigenvalue weighted by Crippen LogP contribution is -2.37. The van der Waals surface area contributed by atoms with Gasteiger partial charge in [-0.15, -0.1) is 10.2 Å². The van der Waals surface area contributed by atoms with Crippen molar-refractivity contribution in [2.24, 2.45) is 0 Å². The van der Waals surface area contributed by atoms with Crippen molar-refractivity contribution in [2.45, 2.75) is 49.4 Å². The second kappa shape index (κ2) is 8.43. The van der Waals surface area contributed by atoms with E-state index in [9.17, 15) is 9.59 Å². The highest BCUT2D eigenvalue weighted by atomic mass is 32.2. The van der Waals surface area contributed by atoms with Crippen molar-refractivity contribution in [1.82, 2.24) is 20.7 Å². The van der Waals surface area contributed by atoms with Crippen LogP contribution in [0.2, 0.25) is 0 Å². The van der Waals surface area contributed by atoms with E-state index in [1.54, 1.807) is 13.0 Å². The molecule has 3 rings (SSSR count). The summed E-state index contributed by atoms with van der Waals surface area (Å²) in [5.74, 6) is 0.458. The molecule has 2 aromatic rings. The quantitative estimate of drug-likeness (QED) is 0.584. The lowest BCUT2D eigenvalue weighted by Gasteiger charge is -2.22. The molecular weight excluding hydrogens is 362 g/mol. The van der Waals surface area contributed by atoms with Crippen molar-refractivity contribution < 1.29 is 14.1 Å². The van der Waals surface area contributed by atoms with Crippen molar-refractivity contribution >= 4 is 40.0 Å². The van der Waals surface area contributed by atoms with E-state index in [0.29, 0.717) is 27.0 Å². The Labute approximate surface area is 153 Å². The van der Waals surface area contributed by atoms with Crippen LogP contribution in [0.4, 0.5) is 5.13 Å². The zero-order valence-corrected chi connectivity index (χ0v) is 15.4. The molecule has 8 nitrogen and oxygen atoms in total. The summed E-state index contributed by atoms with van der Waals surface area (Å²) < 4.78 is 5.49. The zero-order chi connectivity index (χ0) is 17.6. The molecule has 2 N–H and O–H groups in total. The Morgan fingerprint density at radius 2 is 2.12 bits per heavy atom. The Kier molecular flexibility index (Phi) is 6.03. The summed E-state index contributed by atoms with van der Waals surface area (Å²) in [6.45, 7) is 1.71. The molecule has 0 aromatic carbocycles. The van der Waals surface area contributed by atoms with Gasteiger partial charge in [0.2, 0.25) is 11.0 Å². The number of amides is 2. The molecule has 0 saturated heterocycles. The summed E-state index contributed by atoms with van der Waals surface area (Å²) in [5.41, 5.74) is 0.189. The first-order valence-corrected chi connectivity index (χ1v) is 9.90. The van der Waals surface area contributed by atoms with Crippen molar-refractivity contribution in [3.05, 3.63) is 17.5 Å². The van der Waals surface area contributed by atoms with Gasteiger partial charge < -0.3 is 9.84 Å². The minimum Gasteiger partial charge on any atom is -0.361 e. The van der Waals surface area contributed by atoms with Crippen LogP contribution in [0.1, 0.15) is 48.4 Å². The van der Waals surface area contributed by atoms with Gasteiger partial charge in [-0.3, -0.25) is 14.9 Å². The van der Waals surface area contributed by atoms with Crippen LogP contribution in [0.15, 0.2) is 14.9 Å². The first-order chi connectivity index (χ1) is 12.1. The monoisotopic (exact) mass is 381 g/mol. The highest BCUT2D eigenvalue weighted by Crippen LogP contribution is 2.26. The Balaban J connectivity index is 1.45. The van der Waals surface area contributed by atoms with Crippen LogP contribution < -0.4 is 10.6 Å². The fraction of sp³-hybridized carbons (Fsp3) is 0.533. The molecule has 2 aromatic heterocycles. The van der Waals surface area contributed by atoms with Crippen LogP contribution in [0.5, 0.6) is 0 Å². The van der Waals surface area contributed by atoms with E-state index in [1.807, 2.05) is 0 Å². The maximum atomic E-state index is 12.0. The molecule has 1 saturated carbocycles. The molecule has 2 heterocycles. The predicted molar refractivity (Wildman–Crippen MR) is 94.8 cm³/mol. The Morgan fingerprint density at radius 1 is 1.32 bits per heavy atom. The Morgan fingerprint density at radius 3 is 2.84 bits per heavy atom. The number of aromatic nitrogens is 3. The largest absolute Gasteiger partial charge is 0.361 e. The average molecular weight is 381 g/mol. The number of anilines is 1. The smallest absolute Gasteiger partial charge is 0.279 e. The predicted octanol–water partition coefficient (Wildman–Crippen LogP) is 2.63. The van der Waals surface area contributed by atoms with Gasteiger partial charge in [0.1, 0.15) is 5.76 Å². The minimum atomic E-state index is -0.403. The van der Waals surface area contributed by atoms with Gasteiger partial charge in [-0.25, -0.2) is 0 Å². The summed E-state index contributed by atoms with van der Waals surface area (Å²) in [5, 5.41) is 17.6. The standard InChI is InChI=1S/C15H19N5O3S2/c1-9-7-11(20-23-9)13(22)17-14-18-19-15(25-14)24-8-12(21)16-10-5-3-2-4-6-10/h7,10H,2-6,8H2,1H3,(H,16,21)(H,17,18,22). The van der Waals surface area contributed by atoms with Gasteiger partial charge in [0.05, 0.1) is 5.75 Å². The average Bonchev–Trinajstić information content (AvgIpc) is 3.23. The van der Waals surface area contributed by atoms with Crippen LogP contribution in [0, 0.1) is 6.92 Å². The van der Waals surface area contributed by atoms with E-state index in [0.717, 1.165) is 12.8 Å². The SMILES string of the molecule is Cc1cc(C(=O)Nc2nnc(SCC(=O)NC3CCCCC3)s2)no1. The van der Waals surface area contributed by atoms with E-state index in [-0.39, 0.29) is 11.6 Å². The van der Waals surface area contributed by atoms with Crippen molar-refractivity contribution in [3.63, 3.8) is 0 Å². The molecule has 0 spiro atoms. The molecule has 0 atom stereocenters. The fourth-order valence-electron chi connectivity index (χ4n) is 2.60. The topological polar surface area (TPSA) is 110 Å². The Bertz CT molecular complexity index is 739. The van der Waals surface area contributed by atoms with Crippen molar-refractivity contribution in [1.29, 1.82) is 0 Å². The van der Waals surface area contributed by atoms with E-state index in [2.05, 4.69) is 26.0 Å². The second-order valence-electron chi connectivity index (χ2n) is 5.84. The normalized spacial score (nSPS) is 15.1. The first kappa shape index (κ1) is 17.9. The van der Waals surface area contributed by atoms with Crippen LogP contribution in [0.3, 0.4) is 0 Å². The maximum Gasteiger partial charge on any atom is 0.279 e. The van der Waals surface area contributed by atoms with Crippen LogP contribution in [0.25, 0.3) is 0 Å². The van der Waals surface area contributed by atoms with Crippen molar-refractivity contribution in [2.75, 3.05) is 11.1 Å². The van der Waals surface area contributed by atoms with Crippen molar-refractivity contribution in [3.8, 4) is 0 Å². The zero-order valence-electron chi connectivity index (χ0n) is 13.8. The number of nitrogens with one attached hydrogen (secondary N) is 2. The van der Waals surface area contributed by atoms with Crippen LogP contribution >= 0.6 is 23.1 Å². The number of thioether (sulfide) groups is 1. The van der Waals surface area contributed by atoms with Gasteiger partial charge in [-0.2, -0.15) is 0 Å². The maximum absolute atomic E-state index is 12.0. The van der Waals surface area contributed by atoms with Crippen LogP contribution in [-0.4, -0.2) is 39.0 Å². The molecule has 2 amide bonds. The molecule has 134 valence electrons. The summed E-state index contributed by atoms with van der Waals surface area (Å²) in [6, 6.07) is 1.85. The number of hydrogen-bond donors (Lipinski definition) is 2. The van der Waals surface area contributed by atoms with Gasteiger partial charge in [-0.1, -0.05) is 47.5 Å². The number of hydrogen-bond acceptors (Lipinski definition) is 8. The fourth-order valence-corrected chi connectivity index (χ4v) is 4.15. The third-order valence-electron chi connectivity index (χ3n) is 3.78. The molecule has 1 aliphatic rings. The number of rotatable bonds is 6. The number of carbonyl (C=O) groups excluding carboxylic acids is 2. The van der Waals surface area contributed by atoms with E-state index in [1.165, 1.54) is 42.4 Å². The summed E-state index contributed by atoms with van der Waals surface area (Å²) in [6.07, 6.45) is 5.75. The van der Waals surface area contributed by atoms with E-state index in [4.69, 9.17) is 4.52 Å². The molecular formula is C15H19N5O3S2. The Hall–Kier alpha value is -1.94. The number of carbonyl (C=O) groups is 2. The first-order valence-electron chi connectivity index (χ1n) is 8.10. The summed E-state index contributed by atoms with van der Waals surface area (Å²) >= 11 is 2.53. The molecule has 1 fully saturated rings. The van der Waals surface area contributed by atoms with Gasteiger partial charge in [0.25, 0.3) is 5.91 Å². The van der Waals surface area contributed by atoms with Gasteiger partial charge in [0.15, 0.2) is 10.0 Å². The summed E-state index contributed by atoms with van der Waals surface area (Å²) in [7, 11) is 0. The van der Waals surface area contributed by atoms with E-state index >= 15 is 0 Å². The summed E-state index contributed by atoms with van der Waals surface area (Å²) in [4.78, 5) is 24.0. The third kappa shape index (κ3) is 5.27. The highest BCUT2D eigenvalue weighted by molar-refractivity contribution is 8.01. The lowest BCUT2D eigenvalue weighted by atomic mass is 9.95. The number of aryl methyl sites for hydroxylation is 1. The molecule has 10 heteroatoms. The third-order valence-corrected chi connectivity index (χ3v) is 5.76.